The average Bonchev–Trinajstić information content (AvgIpc) is 2.38. The Balaban J connectivity index is 2.22. The lowest BCUT2D eigenvalue weighted by atomic mass is 9.94. The number of pyridine rings is 1. The van der Waals surface area contributed by atoms with Crippen LogP contribution < -0.4 is 4.90 Å². The molecule has 2 nitrogen and oxygen atoms in total. The third-order valence-electron chi connectivity index (χ3n) is 3.40. The van der Waals surface area contributed by atoms with Gasteiger partial charge in [-0.1, -0.05) is 58.4 Å². The van der Waals surface area contributed by atoms with Crippen molar-refractivity contribution in [3.8, 4) is 0 Å². The van der Waals surface area contributed by atoms with E-state index in [9.17, 15) is 0 Å². The molecule has 2 rings (SSSR count). The molecule has 1 aromatic rings. The minimum absolute atomic E-state index is 0.558. The lowest BCUT2D eigenvalue weighted by molar-refractivity contribution is 0.417. The Morgan fingerprint density at radius 1 is 1.28 bits per heavy atom. The van der Waals surface area contributed by atoms with Crippen molar-refractivity contribution in [2.45, 2.75) is 38.1 Å². The van der Waals surface area contributed by atoms with Crippen LogP contribution in [0.4, 0.5) is 5.82 Å². The molecule has 0 aliphatic heterocycles. The van der Waals surface area contributed by atoms with Gasteiger partial charge in [0.15, 0.2) is 0 Å². The van der Waals surface area contributed by atoms with E-state index in [1.807, 2.05) is 0 Å². The predicted octanol–water partition coefficient (Wildman–Crippen LogP) is 4.92. The molecule has 1 saturated carbocycles. The lowest BCUT2D eigenvalue weighted by Gasteiger charge is -2.35. The van der Waals surface area contributed by atoms with E-state index in [-0.39, 0.29) is 0 Å². The Kier molecular flexibility index (Phi) is 5.58. The number of alkyl halides is 1. The maximum atomic E-state index is 6.28. The van der Waals surface area contributed by atoms with Crippen LogP contribution in [0.5, 0.6) is 0 Å². The molecule has 1 aliphatic rings. The van der Waals surface area contributed by atoms with Gasteiger partial charge in [-0.3, -0.25) is 0 Å². The molecule has 1 aromatic heterocycles. The summed E-state index contributed by atoms with van der Waals surface area (Å²) in [5.41, 5.74) is 0. The Labute approximate surface area is 127 Å². The van der Waals surface area contributed by atoms with E-state index in [4.69, 9.17) is 23.2 Å². The number of aromatic nitrogens is 1. The molecule has 1 aliphatic carbocycles. The largest absolute Gasteiger partial charge is 0.352 e. The van der Waals surface area contributed by atoms with Crippen LogP contribution in [0.15, 0.2) is 12.3 Å². The van der Waals surface area contributed by atoms with Crippen molar-refractivity contribution in [1.82, 2.24) is 4.98 Å². The van der Waals surface area contributed by atoms with E-state index in [0.29, 0.717) is 16.1 Å². The van der Waals surface area contributed by atoms with Crippen molar-refractivity contribution in [3.05, 3.63) is 22.3 Å². The Morgan fingerprint density at radius 2 is 2.00 bits per heavy atom. The number of halogens is 3. The fourth-order valence-corrected chi connectivity index (χ4v) is 3.43. The second-order valence-electron chi connectivity index (χ2n) is 4.63. The van der Waals surface area contributed by atoms with Crippen molar-refractivity contribution in [1.29, 1.82) is 0 Å². The van der Waals surface area contributed by atoms with E-state index >= 15 is 0 Å². The second-order valence-corrected chi connectivity index (χ2v) is 6.27. The van der Waals surface area contributed by atoms with Crippen LogP contribution in [0.3, 0.4) is 0 Å². The summed E-state index contributed by atoms with van der Waals surface area (Å²) in [6, 6.07) is 2.33. The topological polar surface area (TPSA) is 16.1 Å². The van der Waals surface area contributed by atoms with E-state index in [0.717, 1.165) is 17.7 Å². The van der Waals surface area contributed by atoms with Crippen molar-refractivity contribution >= 4 is 44.9 Å². The molecule has 0 amide bonds. The van der Waals surface area contributed by atoms with Gasteiger partial charge in [-0.05, 0) is 18.9 Å². The Bertz CT molecular complexity index is 395. The number of anilines is 1. The zero-order chi connectivity index (χ0) is 13.0. The molecule has 1 heterocycles. The third-order valence-corrected chi connectivity index (χ3v) is 4.24. The fraction of sp³-hybridized carbons (Fsp3) is 0.615. The number of rotatable bonds is 4. The highest BCUT2D eigenvalue weighted by Gasteiger charge is 2.23. The van der Waals surface area contributed by atoms with Crippen molar-refractivity contribution in [2.75, 3.05) is 16.8 Å². The van der Waals surface area contributed by atoms with Gasteiger partial charge < -0.3 is 4.90 Å². The minimum atomic E-state index is 0.558. The van der Waals surface area contributed by atoms with Gasteiger partial charge in [0, 0.05) is 24.1 Å². The van der Waals surface area contributed by atoms with Crippen molar-refractivity contribution in [2.24, 2.45) is 0 Å². The smallest absolute Gasteiger partial charge is 0.147 e. The summed E-state index contributed by atoms with van der Waals surface area (Å²) < 4.78 is 0. The Morgan fingerprint density at radius 3 is 2.61 bits per heavy atom. The van der Waals surface area contributed by atoms with Gasteiger partial charge in [-0.25, -0.2) is 4.98 Å². The normalized spacial score (nSPS) is 16.8. The molecule has 18 heavy (non-hydrogen) atoms. The molecular formula is C13H17BrCl2N2. The van der Waals surface area contributed by atoms with Gasteiger partial charge in [0.2, 0.25) is 0 Å². The lowest BCUT2D eigenvalue weighted by Crippen LogP contribution is -2.39. The number of nitrogens with zero attached hydrogens (tertiary/aromatic N) is 2. The molecular weight excluding hydrogens is 335 g/mol. The van der Waals surface area contributed by atoms with Crippen molar-refractivity contribution in [3.63, 3.8) is 0 Å². The van der Waals surface area contributed by atoms with E-state index in [1.54, 1.807) is 12.3 Å². The van der Waals surface area contributed by atoms with Crippen molar-refractivity contribution < 1.29 is 0 Å². The van der Waals surface area contributed by atoms with Crippen LogP contribution in [0.25, 0.3) is 0 Å². The van der Waals surface area contributed by atoms with Crippen LogP contribution in [0.2, 0.25) is 10.0 Å². The van der Waals surface area contributed by atoms with E-state index in [1.165, 1.54) is 32.1 Å². The molecule has 0 radical (unpaired) electrons. The summed E-state index contributed by atoms with van der Waals surface area (Å²) in [4.78, 5) is 6.74. The van der Waals surface area contributed by atoms with Gasteiger partial charge in [-0.15, -0.1) is 0 Å². The molecule has 0 atom stereocenters. The monoisotopic (exact) mass is 350 g/mol. The average molecular weight is 352 g/mol. The summed E-state index contributed by atoms with van der Waals surface area (Å²) in [5.74, 6) is 0.868. The standard InChI is InChI=1S/C13H17BrCl2N2/c14-6-7-18(11-4-2-1-3-5-11)13-12(16)8-10(15)9-17-13/h8-9,11H,1-7H2. The first kappa shape index (κ1) is 14.4. The fourth-order valence-electron chi connectivity index (χ4n) is 2.56. The highest BCUT2D eigenvalue weighted by Crippen LogP contribution is 2.31. The van der Waals surface area contributed by atoms with Gasteiger partial charge in [0.25, 0.3) is 0 Å². The maximum absolute atomic E-state index is 6.28. The first-order valence-electron chi connectivity index (χ1n) is 6.36. The van der Waals surface area contributed by atoms with Gasteiger partial charge in [0.05, 0.1) is 10.0 Å². The highest BCUT2D eigenvalue weighted by molar-refractivity contribution is 9.09. The molecule has 0 spiro atoms. The molecule has 0 aromatic carbocycles. The molecule has 0 N–H and O–H groups in total. The quantitative estimate of drug-likeness (QED) is 0.715. The van der Waals surface area contributed by atoms with Gasteiger partial charge in [0.1, 0.15) is 5.82 Å². The highest BCUT2D eigenvalue weighted by atomic mass is 79.9. The zero-order valence-corrected chi connectivity index (χ0v) is 13.3. The van der Waals surface area contributed by atoms with Gasteiger partial charge >= 0.3 is 0 Å². The van der Waals surface area contributed by atoms with Gasteiger partial charge in [-0.2, -0.15) is 0 Å². The molecule has 1 fully saturated rings. The zero-order valence-electron chi connectivity index (χ0n) is 10.2. The predicted molar refractivity (Wildman–Crippen MR) is 82.3 cm³/mol. The summed E-state index contributed by atoms with van der Waals surface area (Å²) in [6.07, 6.45) is 8.08. The Hall–Kier alpha value is 0.01000. The number of hydrogen-bond acceptors (Lipinski definition) is 2. The van der Waals surface area contributed by atoms with Crippen LogP contribution in [0, 0.1) is 0 Å². The molecule has 0 unspecified atom stereocenters. The summed E-state index contributed by atoms with van der Waals surface area (Å²) >= 11 is 15.7. The van der Waals surface area contributed by atoms with Crippen LogP contribution >= 0.6 is 39.1 Å². The van der Waals surface area contributed by atoms with Crippen LogP contribution in [-0.4, -0.2) is 22.9 Å². The number of hydrogen-bond donors (Lipinski definition) is 0. The van der Waals surface area contributed by atoms with E-state index < -0.39 is 0 Å². The maximum Gasteiger partial charge on any atom is 0.147 e. The second kappa shape index (κ2) is 6.97. The molecule has 0 saturated heterocycles. The third kappa shape index (κ3) is 3.52. The summed E-state index contributed by atoms with van der Waals surface area (Å²) in [5, 5.41) is 2.16. The van der Waals surface area contributed by atoms with E-state index in [2.05, 4.69) is 25.8 Å². The molecule has 5 heteroatoms. The van der Waals surface area contributed by atoms with Crippen LogP contribution in [0.1, 0.15) is 32.1 Å². The molecule has 0 bridgehead atoms. The summed E-state index contributed by atoms with van der Waals surface area (Å²) in [6.45, 7) is 0.930. The summed E-state index contributed by atoms with van der Waals surface area (Å²) in [7, 11) is 0. The minimum Gasteiger partial charge on any atom is -0.352 e. The van der Waals surface area contributed by atoms with Crippen LogP contribution in [-0.2, 0) is 0 Å². The molecule has 100 valence electrons. The first-order valence-corrected chi connectivity index (χ1v) is 8.23. The SMILES string of the molecule is Clc1cnc(N(CCBr)C2CCCCC2)c(Cl)c1. The first-order chi connectivity index (χ1) is 8.72.